The van der Waals surface area contributed by atoms with Gasteiger partial charge in [0.25, 0.3) is 0 Å². The second kappa shape index (κ2) is 8.55. The van der Waals surface area contributed by atoms with Crippen molar-refractivity contribution in [3.8, 4) is 10.4 Å². The highest BCUT2D eigenvalue weighted by molar-refractivity contribution is 7.13. The Morgan fingerprint density at radius 3 is 2.53 bits per heavy atom. The highest BCUT2D eigenvalue weighted by Gasteiger charge is 2.53. The van der Waals surface area contributed by atoms with Crippen molar-refractivity contribution in [2.75, 3.05) is 6.54 Å². The van der Waals surface area contributed by atoms with E-state index in [0.717, 1.165) is 21.7 Å². The fourth-order valence-electron chi connectivity index (χ4n) is 3.61. The number of aliphatic hydroxyl groups is 1. The first-order valence-corrected chi connectivity index (χ1v) is 10.9. The van der Waals surface area contributed by atoms with E-state index >= 15 is 0 Å². The lowest BCUT2D eigenvalue weighted by atomic mass is 9.76. The van der Waals surface area contributed by atoms with Crippen LogP contribution in [0.3, 0.4) is 0 Å². The number of aromatic nitrogens is 1. The first-order valence-electron chi connectivity index (χ1n) is 10.1. The van der Waals surface area contributed by atoms with Crippen molar-refractivity contribution in [3.05, 3.63) is 41.0 Å². The van der Waals surface area contributed by atoms with Gasteiger partial charge < -0.3 is 16.2 Å². The number of hydrogen-bond acceptors (Lipinski definition) is 7. The largest absolute Gasteiger partial charge is 0.392 e. The minimum absolute atomic E-state index is 0.0189. The molecule has 1 aliphatic rings. The summed E-state index contributed by atoms with van der Waals surface area (Å²) in [6, 6.07) is 7.05. The Labute approximate surface area is 181 Å². The maximum atomic E-state index is 13.2. The monoisotopic (exact) mass is 430 g/mol. The molecule has 3 rings (SSSR count). The summed E-state index contributed by atoms with van der Waals surface area (Å²) in [6.45, 7) is 8.01. The first kappa shape index (κ1) is 22.6. The van der Waals surface area contributed by atoms with Gasteiger partial charge in [0.05, 0.1) is 28.2 Å². The lowest BCUT2D eigenvalue weighted by Gasteiger charge is -2.34. The standard InChI is InChI=1S/C22H30N4O3S/c1-13-17(30-12-25-13)15-7-5-14(6-8-15)10-24-20(29)22(9-16(27)11-26-22)19(28)18(23)21(2,3)4/h5-8,12,16,18,26-27H,9-11,23H2,1-4H3,(H,24,29)/t16?,18?,22-/m0/s1. The van der Waals surface area contributed by atoms with Crippen LogP contribution in [0.4, 0.5) is 0 Å². The maximum absolute atomic E-state index is 13.2. The lowest BCUT2D eigenvalue weighted by Crippen LogP contribution is -2.65. The summed E-state index contributed by atoms with van der Waals surface area (Å²) in [4.78, 5) is 31.6. The summed E-state index contributed by atoms with van der Waals surface area (Å²) >= 11 is 1.59. The van der Waals surface area contributed by atoms with Crippen molar-refractivity contribution >= 4 is 23.0 Å². The van der Waals surface area contributed by atoms with Gasteiger partial charge in [0.2, 0.25) is 5.91 Å². The molecule has 8 heteroatoms. The summed E-state index contributed by atoms with van der Waals surface area (Å²) in [6.07, 6.45) is -0.751. The Balaban J connectivity index is 1.72. The number of aliphatic hydroxyl groups excluding tert-OH is 1. The van der Waals surface area contributed by atoms with E-state index in [1.165, 1.54) is 0 Å². The van der Waals surface area contributed by atoms with E-state index in [4.69, 9.17) is 5.73 Å². The number of amides is 1. The van der Waals surface area contributed by atoms with E-state index in [2.05, 4.69) is 15.6 Å². The molecule has 3 atom stereocenters. The van der Waals surface area contributed by atoms with Crippen LogP contribution in [0.25, 0.3) is 10.4 Å². The molecule has 1 amide bonds. The molecule has 0 spiro atoms. The fraction of sp³-hybridized carbons (Fsp3) is 0.500. The van der Waals surface area contributed by atoms with E-state index in [0.29, 0.717) is 0 Å². The number of thiazole rings is 1. The zero-order chi connectivity index (χ0) is 22.1. The quantitative estimate of drug-likeness (QED) is 0.519. The van der Waals surface area contributed by atoms with Crippen LogP contribution in [0, 0.1) is 12.3 Å². The number of ketones is 1. The van der Waals surface area contributed by atoms with E-state index in [1.54, 1.807) is 11.3 Å². The lowest BCUT2D eigenvalue weighted by molar-refractivity contribution is -0.139. The van der Waals surface area contributed by atoms with Crippen LogP contribution in [0.1, 0.15) is 38.4 Å². The van der Waals surface area contributed by atoms with Crippen LogP contribution in [0.2, 0.25) is 0 Å². The van der Waals surface area contributed by atoms with Crippen LogP contribution in [-0.2, 0) is 16.1 Å². The predicted molar refractivity (Wildman–Crippen MR) is 118 cm³/mol. The Bertz CT molecular complexity index is 919. The molecule has 0 bridgehead atoms. The number of carbonyl (C=O) groups excluding carboxylic acids is 2. The molecule has 0 aliphatic carbocycles. The van der Waals surface area contributed by atoms with Gasteiger partial charge in [0, 0.05) is 19.5 Å². The third-order valence-corrected chi connectivity index (χ3v) is 6.60. The average molecular weight is 431 g/mol. The molecule has 2 heterocycles. The third kappa shape index (κ3) is 4.46. The van der Waals surface area contributed by atoms with Crippen molar-refractivity contribution < 1.29 is 14.7 Å². The zero-order valence-corrected chi connectivity index (χ0v) is 18.7. The van der Waals surface area contributed by atoms with Gasteiger partial charge in [-0.3, -0.25) is 14.9 Å². The van der Waals surface area contributed by atoms with Gasteiger partial charge in [-0.25, -0.2) is 4.98 Å². The van der Waals surface area contributed by atoms with Crippen LogP contribution in [-0.4, -0.2) is 46.0 Å². The molecule has 0 saturated carbocycles. The smallest absolute Gasteiger partial charge is 0.248 e. The molecule has 0 radical (unpaired) electrons. The summed E-state index contributed by atoms with van der Waals surface area (Å²) in [5.74, 6) is -0.841. The summed E-state index contributed by atoms with van der Waals surface area (Å²) in [5, 5.41) is 15.8. The number of nitrogens with zero attached hydrogens (tertiary/aromatic N) is 1. The summed E-state index contributed by atoms with van der Waals surface area (Å²) in [7, 11) is 0. The molecule has 2 aromatic rings. The number of β-amino-alcohol motifs (C(OH)–C–C–N with tert-alkyl or cyclic N) is 1. The van der Waals surface area contributed by atoms with Crippen LogP contribution < -0.4 is 16.4 Å². The molecule has 30 heavy (non-hydrogen) atoms. The predicted octanol–water partition coefficient (Wildman–Crippen LogP) is 1.77. The molecule has 1 aromatic carbocycles. The summed E-state index contributed by atoms with van der Waals surface area (Å²) < 4.78 is 0. The number of nitrogens with one attached hydrogen (secondary N) is 2. The number of rotatable bonds is 6. The van der Waals surface area contributed by atoms with Crippen molar-refractivity contribution in [1.29, 1.82) is 0 Å². The summed E-state index contributed by atoms with van der Waals surface area (Å²) in [5.41, 5.74) is 8.96. The normalized spacial score (nSPS) is 22.7. The number of nitrogens with two attached hydrogens (primary N) is 1. The topological polar surface area (TPSA) is 117 Å². The zero-order valence-electron chi connectivity index (χ0n) is 17.9. The van der Waals surface area contributed by atoms with Gasteiger partial charge in [-0.15, -0.1) is 11.3 Å². The Morgan fingerprint density at radius 1 is 1.37 bits per heavy atom. The Morgan fingerprint density at radius 2 is 2.03 bits per heavy atom. The number of hydrogen-bond donors (Lipinski definition) is 4. The number of benzene rings is 1. The van der Waals surface area contributed by atoms with E-state index < -0.39 is 29.0 Å². The number of Topliss-reactive ketones (excluding diaryl/α,β-unsaturated/α-hetero) is 1. The van der Waals surface area contributed by atoms with Gasteiger partial charge in [0.15, 0.2) is 11.3 Å². The van der Waals surface area contributed by atoms with Crippen molar-refractivity contribution in [3.63, 3.8) is 0 Å². The Kier molecular flexibility index (Phi) is 6.43. The van der Waals surface area contributed by atoms with Crippen LogP contribution >= 0.6 is 11.3 Å². The number of carbonyl (C=O) groups is 2. The second-order valence-electron chi connectivity index (χ2n) is 9.00. The van der Waals surface area contributed by atoms with Gasteiger partial charge in [0.1, 0.15) is 0 Å². The minimum Gasteiger partial charge on any atom is -0.392 e. The van der Waals surface area contributed by atoms with Crippen LogP contribution in [0.15, 0.2) is 29.8 Å². The molecule has 1 aromatic heterocycles. The Hall–Kier alpha value is -2.13. The molecule has 5 N–H and O–H groups in total. The van der Waals surface area contributed by atoms with E-state index in [1.807, 2.05) is 57.5 Å². The average Bonchev–Trinajstić information content (AvgIpc) is 3.31. The van der Waals surface area contributed by atoms with Gasteiger partial charge >= 0.3 is 0 Å². The number of aryl methyl sites for hydroxylation is 1. The molecule has 1 fully saturated rings. The SMILES string of the molecule is Cc1ncsc1-c1ccc(CNC(=O)[C@@]2(C(=O)C(N)C(C)(C)C)CC(O)CN2)cc1. The van der Waals surface area contributed by atoms with Crippen molar-refractivity contribution in [2.24, 2.45) is 11.1 Å². The fourth-order valence-corrected chi connectivity index (χ4v) is 4.42. The van der Waals surface area contributed by atoms with Crippen molar-refractivity contribution in [1.82, 2.24) is 15.6 Å². The highest BCUT2D eigenvalue weighted by Crippen LogP contribution is 2.29. The molecule has 7 nitrogen and oxygen atoms in total. The molecule has 1 saturated heterocycles. The minimum atomic E-state index is -1.51. The van der Waals surface area contributed by atoms with E-state index in [9.17, 15) is 14.7 Å². The van der Waals surface area contributed by atoms with Gasteiger partial charge in [-0.2, -0.15) is 0 Å². The first-order chi connectivity index (χ1) is 14.0. The van der Waals surface area contributed by atoms with Gasteiger partial charge in [-0.05, 0) is 23.5 Å². The van der Waals surface area contributed by atoms with Crippen molar-refractivity contribution in [2.45, 2.75) is 58.3 Å². The molecular weight excluding hydrogens is 400 g/mol. The molecular formula is C22H30N4O3S. The second-order valence-corrected chi connectivity index (χ2v) is 9.85. The third-order valence-electron chi connectivity index (χ3n) is 5.62. The maximum Gasteiger partial charge on any atom is 0.248 e. The van der Waals surface area contributed by atoms with Gasteiger partial charge in [-0.1, -0.05) is 45.0 Å². The van der Waals surface area contributed by atoms with Crippen LogP contribution in [0.5, 0.6) is 0 Å². The molecule has 1 aliphatic heterocycles. The molecule has 162 valence electrons. The van der Waals surface area contributed by atoms with E-state index in [-0.39, 0.29) is 25.3 Å². The highest BCUT2D eigenvalue weighted by atomic mass is 32.1. The molecule has 2 unspecified atom stereocenters.